The molecule has 0 bridgehead atoms. The molecule has 0 unspecified atom stereocenters. The number of halogens is 1. The van der Waals surface area contributed by atoms with Gasteiger partial charge in [-0.05, 0) is 30.3 Å². The first-order chi connectivity index (χ1) is 8.29. The van der Waals surface area contributed by atoms with Gasteiger partial charge < -0.3 is 5.32 Å². The second-order valence-corrected chi connectivity index (χ2v) is 4.99. The van der Waals surface area contributed by atoms with Crippen LogP contribution >= 0.6 is 23.4 Å². The Morgan fingerprint density at radius 1 is 1.24 bits per heavy atom. The Hall–Kier alpha value is -1.19. The molecule has 0 aliphatic rings. The molecule has 0 aliphatic heterocycles. The lowest BCUT2D eigenvalue weighted by Gasteiger charge is -2.07. The molecule has 1 heterocycles. The number of hydrogen-bond acceptors (Lipinski definition) is 3. The van der Waals surface area contributed by atoms with E-state index in [1.54, 1.807) is 18.0 Å². The first-order valence-corrected chi connectivity index (χ1v) is 6.66. The zero-order valence-corrected chi connectivity index (χ0v) is 11.1. The van der Waals surface area contributed by atoms with Gasteiger partial charge in [-0.2, -0.15) is 0 Å². The standard InChI is InChI=1S/C13H13ClN2S/c1-15-13-10(3-2-8-16-13)9-17-12-6-4-11(14)5-7-12/h2-8H,9H2,1H3,(H,15,16). The zero-order chi connectivity index (χ0) is 12.1. The smallest absolute Gasteiger partial charge is 0.129 e. The Morgan fingerprint density at radius 3 is 2.71 bits per heavy atom. The van der Waals surface area contributed by atoms with Crippen molar-refractivity contribution in [3.8, 4) is 0 Å². The molecule has 0 atom stereocenters. The van der Waals surface area contributed by atoms with Gasteiger partial charge in [-0.15, -0.1) is 11.8 Å². The van der Waals surface area contributed by atoms with E-state index in [-0.39, 0.29) is 0 Å². The third kappa shape index (κ3) is 3.38. The summed E-state index contributed by atoms with van der Waals surface area (Å²) in [6.07, 6.45) is 1.79. The van der Waals surface area contributed by atoms with Crippen LogP contribution in [0.25, 0.3) is 0 Å². The van der Waals surface area contributed by atoms with Crippen LogP contribution in [0.1, 0.15) is 5.56 Å². The Bertz CT molecular complexity index is 485. The number of aromatic nitrogens is 1. The molecule has 0 amide bonds. The van der Waals surface area contributed by atoms with Gasteiger partial charge >= 0.3 is 0 Å². The van der Waals surface area contributed by atoms with E-state index in [1.807, 2.05) is 37.4 Å². The molecule has 2 nitrogen and oxygen atoms in total. The first-order valence-electron chi connectivity index (χ1n) is 5.29. The van der Waals surface area contributed by atoms with Crippen LogP contribution in [0.2, 0.25) is 5.02 Å². The minimum Gasteiger partial charge on any atom is -0.373 e. The number of anilines is 1. The van der Waals surface area contributed by atoms with Crippen LogP contribution in [0.4, 0.5) is 5.82 Å². The molecular formula is C13H13ClN2S. The highest BCUT2D eigenvalue weighted by atomic mass is 35.5. The van der Waals surface area contributed by atoms with Crippen molar-refractivity contribution in [2.45, 2.75) is 10.6 Å². The topological polar surface area (TPSA) is 24.9 Å². The third-order valence-corrected chi connectivity index (χ3v) is 3.65. The molecule has 0 aliphatic carbocycles. The fourth-order valence-corrected chi connectivity index (χ4v) is 2.48. The van der Waals surface area contributed by atoms with Crippen LogP contribution in [-0.4, -0.2) is 12.0 Å². The summed E-state index contributed by atoms with van der Waals surface area (Å²) >= 11 is 7.62. The van der Waals surface area contributed by atoms with Crippen LogP contribution < -0.4 is 5.32 Å². The number of rotatable bonds is 4. The van der Waals surface area contributed by atoms with Crippen molar-refractivity contribution in [1.29, 1.82) is 0 Å². The van der Waals surface area contributed by atoms with Gasteiger partial charge in [0.05, 0.1) is 0 Å². The Kier molecular flexibility index (Phi) is 4.29. The maximum absolute atomic E-state index is 5.85. The van der Waals surface area contributed by atoms with Crippen LogP contribution in [0.3, 0.4) is 0 Å². The summed E-state index contributed by atoms with van der Waals surface area (Å²) in [5.74, 6) is 1.83. The number of nitrogens with one attached hydrogen (secondary N) is 1. The molecular weight excluding hydrogens is 252 g/mol. The van der Waals surface area contributed by atoms with Gasteiger partial charge in [0.15, 0.2) is 0 Å². The maximum atomic E-state index is 5.85. The molecule has 0 saturated heterocycles. The molecule has 1 N–H and O–H groups in total. The number of thioether (sulfide) groups is 1. The molecule has 2 rings (SSSR count). The van der Waals surface area contributed by atoms with Crippen LogP contribution in [-0.2, 0) is 5.75 Å². The first kappa shape index (κ1) is 12.3. The molecule has 88 valence electrons. The summed E-state index contributed by atoms with van der Waals surface area (Å²) in [6.45, 7) is 0. The minimum atomic E-state index is 0.770. The van der Waals surface area contributed by atoms with Crippen LogP contribution in [0, 0.1) is 0 Å². The van der Waals surface area contributed by atoms with E-state index < -0.39 is 0 Å². The number of pyridine rings is 1. The summed E-state index contributed by atoms with van der Waals surface area (Å²) in [4.78, 5) is 5.49. The highest BCUT2D eigenvalue weighted by Crippen LogP contribution is 2.26. The van der Waals surface area contributed by atoms with E-state index >= 15 is 0 Å². The van der Waals surface area contributed by atoms with Gasteiger partial charge in [-0.1, -0.05) is 17.7 Å². The summed E-state index contributed by atoms with van der Waals surface area (Å²) in [5, 5.41) is 3.87. The van der Waals surface area contributed by atoms with Gasteiger partial charge in [-0.25, -0.2) is 4.98 Å². The highest BCUT2D eigenvalue weighted by molar-refractivity contribution is 7.98. The normalized spacial score (nSPS) is 10.2. The minimum absolute atomic E-state index is 0.770. The molecule has 2 aromatic rings. The van der Waals surface area contributed by atoms with Gasteiger partial charge in [-0.3, -0.25) is 0 Å². The van der Waals surface area contributed by atoms with E-state index in [1.165, 1.54) is 10.5 Å². The largest absolute Gasteiger partial charge is 0.373 e. The lowest BCUT2D eigenvalue weighted by Crippen LogP contribution is -1.96. The lowest BCUT2D eigenvalue weighted by molar-refractivity contribution is 1.22. The monoisotopic (exact) mass is 264 g/mol. The highest BCUT2D eigenvalue weighted by Gasteiger charge is 2.02. The molecule has 4 heteroatoms. The summed E-state index contributed by atoms with van der Waals surface area (Å²) in [7, 11) is 1.89. The summed E-state index contributed by atoms with van der Waals surface area (Å²) in [6, 6.07) is 11.9. The second kappa shape index (κ2) is 5.94. The molecule has 17 heavy (non-hydrogen) atoms. The Morgan fingerprint density at radius 2 is 2.00 bits per heavy atom. The number of hydrogen-bond donors (Lipinski definition) is 1. The van der Waals surface area contributed by atoms with Crippen LogP contribution in [0.15, 0.2) is 47.5 Å². The van der Waals surface area contributed by atoms with E-state index in [4.69, 9.17) is 11.6 Å². The summed E-state index contributed by atoms with van der Waals surface area (Å²) < 4.78 is 0. The van der Waals surface area contributed by atoms with Crippen molar-refractivity contribution in [1.82, 2.24) is 4.98 Å². The fraction of sp³-hybridized carbons (Fsp3) is 0.154. The molecule has 0 saturated carbocycles. The fourth-order valence-electron chi connectivity index (χ4n) is 1.47. The van der Waals surface area contributed by atoms with E-state index in [2.05, 4.69) is 16.4 Å². The van der Waals surface area contributed by atoms with Crippen molar-refractivity contribution in [3.63, 3.8) is 0 Å². The van der Waals surface area contributed by atoms with Gasteiger partial charge in [0.25, 0.3) is 0 Å². The maximum Gasteiger partial charge on any atom is 0.129 e. The van der Waals surface area contributed by atoms with E-state index in [0.29, 0.717) is 0 Å². The number of benzene rings is 1. The van der Waals surface area contributed by atoms with Crippen molar-refractivity contribution in [2.24, 2.45) is 0 Å². The Labute approximate surface area is 110 Å². The predicted molar refractivity (Wildman–Crippen MR) is 74.8 cm³/mol. The van der Waals surface area contributed by atoms with Crippen molar-refractivity contribution >= 4 is 29.2 Å². The van der Waals surface area contributed by atoms with Gasteiger partial charge in [0.1, 0.15) is 5.82 Å². The molecule has 1 aromatic heterocycles. The number of nitrogens with zero attached hydrogens (tertiary/aromatic N) is 1. The Balaban J connectivity index is 2.04. The third-order valence-electron chi connectivity index (χ3n) is 2.34. The molecule has 0 fully saturated rings. The zero-order valence-electron chi connectivity index (χ0n) is 9.48. The SMILES string of the molecule is CNc1ncccc1CSc1ccc(Cl)cc1. The molecule has 0 spiro atoms. The second-order valence-electron chi connectivity index (χ2n) is 3.50. The molecule has 0 radical (unpaired) electrons. The average molecular weight is 265 g/mol. The van der Waals surface area contributed by atoms with Gasteiger partial charge in [0, 0.05) is 34.5 Å². The average Bonchev–Trinajstić information content (AvgIpc) is 2.38. The van der Waals surface area contributed by atoms with Gasteiger partial charge in [0.2, 0.25) is 0 Å². The molecule has 1 aromatic carbocycles. The van der Waals surface area contributed by atoms with E-state index in [0.717, 1.165) is 16.6 Å². The van der Waals surface area contributed by atoms with Crippen molar-refractivity contribution in [2.75, 3.05) is 12.4 Å². The van der Waals surface area contributed by atoms with Crippen LogP contribution in [0.5, 0.6) is 0 Å². The van der Waals surface area contributed by atoms with E-state index in [9.17, 15) is 0 Å². The summed E-state index contributed by atoms with van der Waals surface area (Å²) in [5.41, 5.74) is 1.20. The predicted octanol–water partition coefficient (Wildman–Crippen LogP) is 4.07. The lowest BCUT2D eigenvalue weighted by atomic mass is 10.3. The van der Waals surface area contributed by atoms with Crippen molar-refractivity contribution in [3.05, 3.63) is 53.2 Å². The van der Waals surface area contributed by atoms with Crippen molar-refractivity contribution < 1.29 is 0 Å². The quantitative estimate of drug-likeness (QED) is 0.843.